The van der Waals surface area contributed by atoms with Crippen molar-refractivity contribution in [2.24, 2.45) is 7.05 Å². The highest BCUT2D eigenvalue weighted by Crippen LogP contribution is 2.27. The third kappa shape index (κ3) is 4.84. The number of nitrogens with one attached hydrogen (secondary N) is 1. The van der Waals surface area contributed by atoms with Crippen LogP contribution in [-0.4, -0.2) is 26.4 Å². The monoisotopic (exact) mass is 405 g/mol. The minimum Gasteiger partial charge on any atom is -0.324 e. The summed E-state index contributed by atoms with van der Waals surface area (Å²) in [6, 6.07) is 17.3. The van der Waals surface area contributed by atoms with Crippen molar-refractivity contribution in [3.05, 3.63) is 59.7 Å². The number of para-hydroxylation sites is 1. The van der Waals surface area contributed by atoms with Gasteiger partial charge in [-0.15, -0.1) is 10.2 Å². The highest BCUT2D eigenvalue weighted by molar-refractivity contribution is 7.99. The van der Waals surface area contributed by atoms with E-state index in [1.165, 1.54) is 17.3 Å². The molecule has 0 aliphatic rings. The maximum atomic E-state index is 12.3. The largest absolute Gasteiger partial charge is 0.324 e. The Morgan fingerprint density at radius 3 is 2.48 bits per heavy atom. The van der Waals surface area contributed by atoms with Crippen molar-refractivity contribution in [2.45, 2.75) is 31.3 Å². The van der Waals surface area contributed by atoms with Gasteiger partial charge in [-0.1, -0.05) is 68.9 Å². The Labute approximate surface area is 175 Å². The zero-order valence-electron chi connectivity index (χ0n) is 16.9. The Bertz CT molecular complexity index is 1060. The lowest BCUT2D eigenvalue weighted by molar-refractivity contribution is -0.113. The number of rotatable bonds is 5. The molecule has 148 valence electrons. The van der Waals surface area contributed by atoms with Crippen molar-refractivity contribution in [3.63, 3.8) is 0 Å². The van der Waals surface area contributed by atoms with Gasteiger partial charge in [0.1, 0.15) is 6.07 Å². The molecule has 0 bridgehead atoms. The normalized spacial score (nSPS) is 11.1. The molecule has 0 radical (unpaired) electrons. The van der Waals surface area contributed by atoms with Crippen LogP contribution < -0.4 is 5.32 Å². The SMILES string of the molecule is Cn1c(SCC(=O)Nc2ccccc2C#N)nnc1-c1ccc(C(C)(C)C)cc1. The van der Waals surface area contributed by atoms with Gasteiger partial charge in [0, 0.05) is 12.6 Å². The Morgan fingerprint density at radius 1 is 1.14 bits per heavy atom. The molecule has 0 spiro atoms. The van der Waals surface area contributed by atoms with Gasteiger partial charge in [0.2, 0.25) is 5.91 Å². The van der Waals surface area contributed by atoms with Gasteiger partial charge in [-0.05, 0) is 23.1 Å². The lowest BCUT2D eigenvalue weighted by Gasteiger charge is -2.19. The smallest absolute Gasteiger partial charge is 0.234 e. The van der Waals surface area contributed by atoms with Crippen molar-refractivity contribution in [2.75, 3.05) is 11.1 Å². The second-order valence-electron chi connectivity index (χ2n) is 7.69. The van der Waals surface area contributed by atoms with Crippen LogP contribution in [0.2, 0.25) is 0 Å². The molecule has 1 amide bonds. The van der Waals surface area contributed by atoms with E-state index in [0.717, 1.165) is 11.4 Å². The fourth-order valence-corrected chi connectivity index (χ4v) is 3.53. The van der Waals surface area contributed by atoms with E-state index in [1.807, 2.05) is 23.7 Å². The third-order valence-electron chi connectivity index (χ3n) is 4.50. The summed E-state index contributed by atoms with van der Waals surface area (Å²) in [5.41, 5.74) is 3.28. The number of aromatic nitrogens is 3. The van der Waals surface area contributed by atoms with Gasteiger partial charge in [-0.25, -0.2) is 0 Å². The highest BCUT2D eigenvalue weighted by Gasteiger charge is 2.16. The Balaban J connectivity index is 1.67. The molecule has 6 nitrogen and oxygen atoms in total. The molecule has 3 aromatic rings. The van der Waals surface area contributed by atoms with Crippen LogP contribution in [0, 0.1) is 11.3 Å². The molecule has 0 aliphatic heterocycles. The van der Waals surface area contributed by atoms with E-state index in [4.69, 9.17) is 5.26 Å². The standard InChI is InChI=1S/C22H23N5OS/c1-22(2,3)17-11-9-15(10-12-17)20-25-26-21(27(20)4)29-14-19(28)24-18-8-6-5-7-16(18)13-23/h5-12H,14H2,1-4H3,(H,24,28). The summed E-state index contributed by atoms with van der Waals surface area (Å²) in [4.78, 5) is 12.3. The van der Waals surface area contributed by atoms with Gasteiger partial charge >= 0.3 is 0 Å². The van der Waals surface area contributed by atoms with Crippen LogP contribution in [0.1, 0.15) is 31.9 Å². The van der Waals surface area contributed by atoms with Gasteiger partial charge in [0.05, 0.1) is 17.0 Å². The van der Waals surface area contributed by atoms with Gasteiger partial charge in [0.15, 0.2) is 11.0 Å². The number of carbonyl (C=O) groups excluding carboxylic acids is 1. The molecule has 0 unspecified atom stereocenters. The molecule has 29 heavy (non-hydrogen) atoms. The van der Waals surface area contributed by atoms with Crippen LogP contribution in [0.15, 0.2) is 53.7 Å². The van der Waals surface area contributed by atoms with Crippen LogP contribution in [0.25, 0.3) is 11.4 Å². The average Bonchev–Trinajstić information content (AvgIpc) is 3.06. The van der Waals surface area contributed by atoms with E-state index < -0.39 is 0 Å². The van der Waals surface area contributed by atoms with E-state index in [-0.39, 0.29) is 17.1 Å². The number of nitrogens with zero attached hydrogens (tertiary/aromatic N) is 4. The highest BCUT2D eigenvalue weighted by atomic mass is 32.2. The fraction of sp³-hybridized carbons (Fsp3) is 0.273. The number of thioether (sulfide) groups is 1. The third-order valence-corrected chi connectivity index (χ3v) is 5.52. The van der Waals surface area contributed by atoms with Crippen molar-refractivity contribution >= 4 is 23.4 Å². The van der Waals surface area contributed by atoms with Crippen LogP contribution in [0.3, 0.4) is 0 Å². The summed E-state index contributed by atoms with van der Waals surface area (Å²) in [7, 11) is 1.89. The van der Waals surface area contributed by atoms with Crippen LogP contribution >= 0.6 is 11.8 Å². The zero-order valence-corrected chi connectivity index (χ0v) is 17.7. The number of hydrogen-bond donors (Lipinski definition) is 1. The molecule has 3 rings (SSSR count). The molecule has 0 atom stereocenters. The molecule has 7 heteroatoms. The second kappa shape index (κ2) is 8.50. The lowest BCUT2D eigenvalue weighted by Crippen LogP contribution is -2.15. The first-order valence-electron chi connectivity index (χ1n) is 9.21. The molecule has 0 fully saturated rings. The van der Waals surface area contributed by atoms with Crippen LogP contribution in [-0.2, 0) is 17.3 Å². The van der Waals surface area contributed by atoms with E-state index in [2.05, 4.69) is 54.5 Å². The van der Waals surface area contributed by atoms with Crippen LogP contribution in [0.5, 0.6) is 0 Å². The Kier molecular flexibility index (Phi) is 6.04. The van der Waals surface area contributed by atoms with E-state index in [1.54, 1.807) is 24.3 Å². The summed E-state index contributed by atoms with van der Waals surface area (Å²) in [6.07, 6.45) is 0. The van der Waals surface area contributed by atoms with Gasteiger partial charge in [0.25, 0.3) is 0 Å². The first kappa shape index (κ1) is 20.6. The van der Waals surface area contributed by atoms with Crippen molar-refractivity contribution in [1.29, 1.82) is 5.26 Å². The van der Waals surface area contributed by atoms with Gasteiger partial charge in [-0.3, -0.25) is 4.79 Å². The van der Waals surface area contributed by atoms with Crippen molar-refractivity contribution in [3.8, 4) is 17.5 Å². The molecule has 1 N–H and O–H groups in total. The van der Waals surface area contributed by atoms with E-state index in [9.17, 15) is 4.79 Å². The Morgan fingerprint density at radius 2 is 1.83 bits per heavy atom. The van der Waals surface area contributed by atoms with E-state index in [0.29, 0.717) is 16.4 Å². The number of amides is 1. The number of hydrogen-bond acceptors (Lipinski definition) is 5. The number of carbonyl (C=O) groups is 1. The van der Waals surface area contributed by atoms with Crippen LogP contribution in [0.4, 0.5) is 5.69 Å². The second-order valence-corrected chi connectivity index (χ2v) is 8.63. The number of benzene rings is 2. The molecule has 0 aliphatic carbocycles. The maximum Gasteiger partial charge on any atom is 0.234 e. The first-order valence-corrected chi connectivity index (χ1v) is 10.2. The Hall–Kier alpha value is -3.11. The molecule has 1 aromatic heterocycles. The number of nitriles is 1. The van der Waals surface area contributed by atoms with E-state index >= 15 is 0 Å². The number of anilines is 1. The molecule has 1 heterocycles. The van der Waals surface area contributed by atoms with Gasteiger partial charge in [-0.2, -0.15) is 5.26 Å². The summed E-state index contributed by atoms with van der Waals surface area (Å²) < 4.78 is 1.88. The molecule has 2 aromatic carbocycles. The molecule has 0 saturated heterocycles. The topological polar surface area (TPSA) is 83.6 Å². The summed E-state index contributed by atoms with van der Waals surface area (Å²) in [5.74, 6) is 0.731. The quantitative estimate of drug-likeness (QED) is 0.637. The molecular formula is C22H23N5OS. The zero-order chi connectivity index (χ0) is 21.0. The van der Waals surface area contributed by atoms with Crippen molar-refractivity contribution < 1.29 is 4.79 Å². The maximum absolute atomic E-state index is 12.3. The predicted octanol–water partition coefficient (Wildman–Crippen LogP) is 4.38. The van der Waals surface area contributed by atoms with Gasteiger partial charge < -0.3 is 9.88 Å². The average molecular weight is 406 g/mol. The molecule has 0 saturated carbocycles. The summed E-state index contributed by atoms with van der Waals surface area (Å²) in [5, 5.41) is 21.1. The molecular weight excluding hydrogens is 382 g/mol. The minimum absolute atomic E-state index is 0.0942. The summed E-state index contributed by atoms with van der Waals surface area (Å²) >= 11 is 1.31. The van der Waals surface area contributed by atoms with Crippen molar-refractivity contribution in [1.82, 2.24) is 14.8 Å². The first-order chi connectivity index (χ1) is 13.8. The minimum atomic E-state index is -0.197. The lowest BCUT2D eigenvalue weighted by atomic mass is 9.87. The summed E-state index contributed by atoms with van der Waals surface area (Å²) in [6.45, 7) is 6.54. The predicted molar refractivity (Wildman–Crippen MR) is 116 cm³/mol. The fourth-order valence-electron chi connectivity index (χ4n) is 2.82.